The van der Waals surface area contributed by atoms with Gasteiger partial charge in [0.25, 0.3) is 5.91 Å². The average molecular weight is 380 g/mol. The van der Waals surface area contributed by atoms with Crippen LogP contribution in [-0.4, -0.2) is 77.3 Å². The minimum absolute atomic E-state index is 0.143. The first-order valence-electron chi connectivity index (χ1n) is 9.69. The summed E-state index contributed by atoms with van der Waals surface area (Å²) >= 11 is 1.51. The molecule has 0 aliphatic carbocycles. The van der Waals surface area contributed by atoms with Crippen molar-refractivity contribution in [3.8, 4) is 0 Å². The molecule has 4 rings (SSSR count). The number of aliphatic hydroxyl groups excluding tert-OH is 1. The lowest BCUT2D eigenvalue weighted by Gasteiger charge is -2.38. The summed E-state index contributed by atoms with van der Waals surface area (Å²) < 4.78 is 6.11. The third-order valence-corrected chi connectivity index (χ3v) is 7.27. The minimum atomic E-state index is -0.168. The molecule has 0 saturated carbocycles. The molecule has 1 N–H and O–H groups in total. The van der Waals surface area contributed by atoms with Gasteiger partial charge in [0.15, 0.2) is 0 Å². The normalized spacial score (nSPS) is 29.0. The fraction of sp³-hybridized carbons (Fsp3) is 0.789. The van der Waals surface area contributed by atoms with Gasteiger partial charge in [-0.15, -0.1) is 11.3 Å². The van der Waals surface area contributed by atoms with Crippen LogP contribution in [-0.2, 0) is 4.74 Å². The topological polar surface area (TPSA) is 65.9 Å². The summed E-state index contributed by atoms with van der Waals surface area (Å²) in [6.07, 6.45) is 4.11. The lowest BCUT2D eigenvalue weighted by molar-refractivity contribution is 0.0453. The number of β-amino-alcohol motifs (C(OH)–C–C–N with tert-alkyl or cyclic N) is 1. The second-order valence-corrected chi connectivity index (χ2v) is 9.48. The fourth-order valence-electron chi connectivity index (χ4n) is 4.68. The van der Waals surface area contributed by atoms with Gasteiger partial charge in [-0.2, -0.15) is 0 Å². The van der Waals surface area contributed by atoms with Crippen LogP contribution in [0.2, 0.25) is 0 Å². The Balaban J connectivity index is 1.31. The Morgan fingerprint density at radius 3 is 2.73 bits per heavy atom. The molecule has 0 unspecified atom stereocenters. The Kier molecular flexibility index (Phi) is 5.07. The maximum atomic E-state index is 12.8. The largest absolute Gasteiger partial charge is 0.392 e. The summed E-state index contributed by atoms with van der Waals surface area (Å²) in [6, 6.07) is 0. The molecular weight excluding hydrogens is 350 g/mol. The van der Waals surface area contributed by atoms with Gasteiger partial charge in [0, 0.05) is 32.7 Å². The van der Waals surface area contributed by atoms with E-state index >= 15 is 0 Å². The van der Waals surface area contributed by atoms with E-state index in [1.54, 1.807) is 0 Å². The van der Waals surface area contributed by atoms with Gasteiger partial charge in [-0.1, -0.05) is 0 Å². The third-order valence-electron chi connectivity index (χ3n) is 6.20. The number of aromatic nitrogens is 1. The van der Waals surface area contributed by atoms with E-state index in [2.05, 4.69) is 9.88 Å². The van der Waals surface area contributed by atoms with Gasteiger partial charge in [-0.25, -0.2) is 4.98 Å². The number of hydrogen-bond donors (Lipinski definition) is 1. The molecule has 0 bridgehead atoms. The second-order valence-electron chi connectivity index (χ2n) is 8.28. The first kappa shape index (κ1) is 18.3. The highest BCUT2D eigenvalue weighted by Crippen LogP contribution is 2.42. The summed E-state index contributed by atoms with van der Waals surface area (Å²) in [7, 11) is 0. The smallest absolute Gasteiger partial charge is 0.265 e. The quantitative estimate of drug-likeness (QED) is 0.868. The lowest BCUT2D eigenvalue weighted by atomic mass is 9.76. The molecule has 1 spiro atoms. The molecule has 1 aromatic rings. The van der Waals surface area contributed by atoms with Gasteiger partial charge in [0.05, 0.1) is 29.5 Å². The zero-order chi connectivity index (χ0) is 18.3. The molecule has 144 valence electrons. The Labute approximate surface area is 159 Å². The van der Waals surface area contributed by atoms with Crippen molar-refractivity contribution in [2.75, 3.05) is 39.3 Å². The van der Waals surface area contributed by atoms with Crippen LogP contribution in [0.15, 0.2) is 0 Å². The Morgan fingerprint density at radius 2 is 2.12 bits per heavy atom. The Morgan fingerprint density at radius 1 is 1.35 bits per heavy atom. The second kappa shape index (κ2) is 7.19. The van der Waals surface area contributed by atoms with Crippen molar-refractivity contribution in [1.29, 1.82) is 0 Å². The van der Waals surface area contributed by atoms with Crippen molar-refractivity contribution in [3.05, 3.63) is 15.6 Å². The Hall–Kier alpha value is -1.02. The van der Waals surface area contributed by atoms with E-state index in [0.29, 0.717) is 0 Å². The highest BCUT2D eigenvalue weighted by atomic mass is 32.1. The zero-order valence-corrected chi connectivity index (χ0v) is 16.6. The van der Waals surface area contributed by atoms with Crippen molar-refractivity contribution >= 4 is 17.2 Å². The maximum absolute atomic E-state index is 12.8. The van der Waals surface area contributed by atoms with Crippen LogP contribution >= 0.6 is 11.3 Å². The van der Waals surface area contributed by atoms with Crippen LogP contribution in [0.1, 0.15) is 46.1 Å². The number of carbonyl (C=O) groups is 1. The van der Waals surface area contributed by atoms with Crippen molar-refractivity contribution < 1.29 is 14.6 Å². The minimum Gasteiger partial charge on any atom is -0.392 e. The predicted octanol–water partition coefficient (Wildman–Crippen LogP) is 1.84. The molecule has 6 nitrogen and oxygen atoms in total. The van der Waals surface area contributed by atoms with Crippen molar-refractivity contribution in [1.82, 2.24) is 14.8 Å². The highest BCUT2D eigenvalue weighted by molar-refractivity contribution is 7.13. The van der Waals surface area contributed by atoms with E-state index in [-0.39, 0.29) is 23.5 Å². The van der Waals surface area contributed by atoms with E-state index in [1.807, 2.05) is 18.7 Å². The van der Waals surface area contributed by atoms with Gasteiger partial charge in [0.1, 0.15) is 4.88 Å². The average Bonchev–Trinajstić information content (AvgIpc) is 3.28. The molecule has 3 fully saturated rings. The lowest BCUT2D eigenvalue weighted by Crippen LogP contribution is -2.43. The molecule has 0 aromatic carbocycles. The van der Waals surface area contributed by atoms with Crippen LogP contribution < -0.4 is 0 Å². The number of aryl methyl sites for hydroxylation is 2. The number of ether oxygens (including phenoxy) is 1. The first-order chi connectivity index (χ1) is 12.4. The van der Waals surface area contributed by atoms with Crippen LogP contribution in [0.3, 0.4) is 0 Å². The van der Waals surface area contributed by atoms with Crippen molar-refractivity contribution in [2.24, 2.45) is 5.41 Å². The summed E-state index contributed by atoms with van der Waals surface area (Å²) in [4.78, 5) is 22.3. The SMILES string of the molecule is Cc1nc(C)c(C(=O)N2CCC3(CC2)CO[C@@H](CN2CC[C@@H](O)C2)C3)s1. The number of likely N-dealkylation sites (tertiary alicyclic amines) is 2. The van der Waals surface area contributed by atoms with E-state index in [9.17, 15) is 9.90 Å². The fourth-order valence-corrected chi connectivity index (χ4v) is 5.57. The predicted molar refractivity (Wildman–Crippen MR) is 101 cm³/mol. The number of amides is 1. The van der Waals surface area contributed by atoms with Gasteiger partial charge in [-0.3, -0.25) is 9.69 Å². The highest BCUT2D eigenvalue weighted by Gasteiger charge is 2.44. The van der Waals surface area contributed by atoms with E-state index in [1.165, 1.54) is 11.3 Å². The summed E-state index contributed by atoms with van der Waals surface area (Å²) in [5.74, 6) is 0.143. The molecule has 3 aliphatic rings. The molecule has 2 atom stereocenters. The summed E-state index contributed by atoms with van der Waals surface area (Å²) in [6.45, 7) is 9.01. The molecule has 3 saturated heterocycles. The molecular formula is C19H29N3O3S. The van der Waals surface area contributed by atoms with Crippen LogP contribution in [0.25, 0.3) is 0 Å². The number of rotatable bonds is 3. The summed E-state index contributed by atoms with van der Waals surface area (Å²) in [5, 5.41) is 10.6. The monoisotopic (exact) mass is 379 g/mol. The van der Waals surface area contributed by atoms with E-state index in [4.69, 9.17) is 4.74 Å². The first-order valence-corrected chi connectivity index (χ1v) is 10.5. The molecule has 26 heavy (non-hydrogen) atoms. The van der Waals surface area contributed by atoms with E-state index in [0.717, 1.165) is 80.6 Å². The third kappa shape index (κ3) is 3.67. The number of carbonyl (C=O) groups excluding carboxylic acids is 1. The maximum Gasteiger partial charge on any atom is 0.265 e. The number of nitrogens with zero attached hydrogens (tertiary/aromatic N) is 3. The number of thiazole rings is 1. The van der Waals surface area contributed by atoms with Crippen LogP contribution in [0, 0.1) is 19.3 Å². The molecule has 0 radical (unpaired) electrons. The standard InChI is InChI=1S/C19H29N3O3S/c1-13-17(26-14(2)20-13)18(24)22-7-4-19(5-8-22)9-16(25-12-19)11-21-6-3-15(23)10-21/h15-16,23H,3-12H2,1-2H3/t15-,16-/m1/s1. The van der Waals surface area contributed by atoms with Gasteiger partial charge >= 0.3 is 0 Å². The van der Waals surface area contributed by atoms with E-state index < -0.39 is 0 Å². The van der Waals surface area contributed by atoms with Gasteiger partial charge in [0.2, 0.25) is 0 Å². The van der Waals surface area contributed by atoms with Gasteiger partial charge < -0.3 is 14.7 Å². The molecule has 7 heteroatoms. The molecule has 1 aromatic heterocycles. The Bertz CT molecular complexity index is 669. The number of hydrogen-bond acceptors (Lipinski definition) is 6. The van der Waals surface area contributed by atoms with Crippen molar-refractivity contribution in [2.45, 2.75) is 51.7 Å². The molecule has 1 amide bonds. The molecule has 3 aliphatic heterocycles. The summed E-state index contributed by atoms with van der Waals surface area (Å²) in [5.41, 5.74) is 1.09. The van der Waals surface area contributed by atoms with Crippen LogP contribution in [0.4, 0.5) is 0 Å². The number of aliphatic hydroxyl groups is 1. The number of piperidine rings is 1. The zero-order valence-electron chi connectivity index (χ0n) is 15.7. The molecule has 4 heterocycles. The van der Waals surface area contributed by atoms with Crippen molar-refractivity contribution in [3.63, 3.8) is 0 Å². The van der Waals surface area contributed by atoms with Gasteiger partial charge in [-0.05, 0) is 44.9 Å². The van der Waals surface area contributed by atoms with Crippen LogP contribution in [0.5, 0.6) is 0 Å².